The first-order valence-electron chi connectivity index (χ1n) is 17.3. The molecule has 0 aromatic carbocycles. The summed E-state index contributed by atoms with van der Waals surface area (Å²) in [6.07, 6.45) is 45.3. The van der Waals surface area contributed by atoms with Crippen molar-refractivity contribution in [3.63, 3.8) is 0 Å². The second-order valence-electron chi connectivity index (χ2n) is 11.3. The molecule has 0 aromatic heterocycles. The van der Waals surface area contributed by atoms with E-state index in [9.17, 15) is 9.59 Å². The van der Waals surface area contributed by atoms with E-state index in [0.717, 1.165) is 89.9 Å². The van der Waals surface area contributed by atoms with E-state index in [4.69, 9.17) is 9.84 Å². The van der Waals surface area contributed by atoms with Gasteiger partial charge in [-0.1, -0.05) is 132 Å². The SMILES string of the molecule is CC/C=C\C/C=C\C/C=C\C/C=C\C/C=C\CCCC(=O)OC(CCCCCC)CCCCCCCCCCC(=O)O. The van der Waals surface area contributed by atoms with E-state index >= 15 is 0 Å². The van der Waals surface area contributed by atoms with Crippen LogP contribution in [-0.4, -0.2) is 23.1 Å². The summed E-state index contributed by atoms with van der Waals surface area (Å²) in [4.78, 5) is 23.1. The zero-order chi connectivity index (χ0) is 30.8. The van der Waals surface area contributed by atoms with E-state index in [1.807, 2.05) is 0 Å². The van der Waals surface area contributed by atoms with Crippen LogP contribution in [0, 0.1) is 0 Å². The molecule has 0 spiro atoms. The Morgan fingerprint density at radius 2 is 1.00 bits per heavy atom. The van der Waals surface area contributed by atoms with Gasteiger partial charge in [0.05, 0.1) is 0 Å². The third-order valence-electron chi connectivity index (χ3n) is 7.25. The third-order valence-corrected chi connectivity index (χ3v) is 7.25. The van der Waals surface area contributed by atoms with Gasteiger partial charge >= 0.3 is 11.9 Å². The van der Waals surface area contributed by atoms with Crippen molar-refractivity contribution in [3.05, 3.63) is 60.8 Å². The topological polar surface area (TPSA) is 63.6 Å². The molecule has 1 atom stereocenters. The Morgan fingerprint density at radius 1 is 0.548 bits per heavy atom. The van der Waals surface area contributed by atoms with Gasteiger partial charge in [-0.05, 0) is 77.0 Å². The van der Waals surface area contributed by atoms with Crippen molar-refractivity contribution in [2.45, 2.75) is 168 Å². The lowest BCUT2D eigenvalue weighted by Crippen LogP contribution is -2.18. The highest BCUT2D eigenvalue weighted by Crippen LogP contribution is 2.18. The second kappa shape index (κ2) is 33.1. The molecule has 0 heterocycles. The Hall–Kier alpha value is -2.36. The highest BCUT2D eigenvalue weighted by molar-refractivity contribution is 5.69. The summed E-state index contributed by atoms with van der Waals surface area (Å²) in [5.41, 5.74) is 0. The summed E-state index contributed by atoms with van der Waals surface area (Å²) in [5, 5.41) is 8.70. The van der Waals surface area contributed by atoms with Crippen LogP contribution in [0.4, 0.5) is 0 Å². The summed E-state index contributed by atoms with van der Waals surface area (Å²) in [6, 6.07) is 0. The molecule has 4 nitrogen and oxygen atoms in total. The molecule has 1 unspecified atom stereocenters. The van der Waals surface area contributed by atoms with Crippen LogP contribution < -0.4 is 0 Å². The maximum Gasteiger partial charge on any atom is 0.306 e. The first-order valence-corrected chi connectivity index (χ1v) is 17.3. The summed E-state index contributed by atoms with van der Waals surface area (Å²) >= 11 is 0. The van der Waals surface area contributed by atoms with Crippen LogP contribution in [0.2, 0.25) is 0 Å². The van der Waals surface area contributed by atoms with Crippen molar-refractivity contribution in [3.8, 4) is 0 Å². The second-order valence-corrected chi connectivity index (χ2v) is 11.3. The van der Waals surface area contributed by atoms with Crippen molar-refractivity contribution in [2.24, 2.45) is 0 Å². The number of hydrogen-bond acceptors (Lipinski definition) is 3. The van der Waals surface area contributed by atoms with E-state index in [-0.39, 0.29) is 12.1 Å². The molecular weight excluding hydrogens is 520 g/mol. The first-order chi connectivity index (χ1) is 20.6. The Labute approximate surface area is 259 Å². The zero-order valence-electron chi connectivity index (χ0n) is 27.3. The van der Waals surface area contributed by atoms with Gasteiger partial charge in [0.2, 0.25) is 0 Å². The molecule has 0 aliphatic heterocycles. The van der Waals surface area contributed by atoms with Gasteiger partial charge in [0.1, 0.15) is 6.10 Å². The summed E-state index contributed by atoms with van der Waals surface area (Å²) in [5.74, 6) is -0.727. The largest absolute Gasteiger partial charge is 0.481 e. The Balaban J connectivity index is 4.00. The van der Waals surface area contributed by atoms with Crippen LogP contribution in [0.25, 0.3) is 0 Å². The Kier molecular flexibility index (Phi) is 31.3. The van der Waals surface area contributed by atoms with Crippen LogP contribution in [0.3, 0.4) is 0 Å². The van der Waals surface area contributed by atoms with Gasteiger partial charge in [0.15, 0.2) is 0 Å². The van der Waals surface area contributed by atoms with Gasteiger partial charge in [-0.3, -0.25) is 9.59 Å². The van der Waals surface area contributed by atoms with Crippen molar-refractivity contribution in [2.75, 3.05) is 0 Å². The fourth-order valence-corrected chi connectivity index (χ4v) is 4.75. The van der Waals surface area contributed by atoms with E-state index in [0.29, 0.717) is 12.8 Å². The van der Waals surface area contributed by atoms with E-state index in [1.165, 1.54) is 44.9 Å². The highest BCUT2D eigenvalue weighted by atomic mass is 16.5. The lowest BCUT2D eigenvalue weighted by atomic mass is 10.0. The molecule has 4 heteroatoms. The molecule has 0 radical (unpaired) electrons. The summed E-state index contributed by atoms with van der Waals surface area (Å²) in [6.45, 7) is 4.38. The fraction of sp³-hybridized carbons (Fsp3) is 0.684. The quantitative estimate of drug-likeness (QED) is 0.0518. The normalized spacial score (nSPS) is 13.0. The first kappa shape index (κ1) is 39.6. The molecule has 0 rings (SSSR count). The molecule has 0 bridgehead atoms. The number of esters is 1. The molecule has 1 N–H and O–H groups in total. The molecule has 0 aliphatic rings. The van der Waals surface area contributed by atoms with Crippen LogP contribution in [0.5, 0.6) is 0 Å². The molecule has 0 aromatic rings. The van der Waals surface area contributed by atoms with Crippen molar-refractivity contribution in [1.29, 1.82) is 0 Å². The minimum absolute atomic E-state index is 0.0378. The van der Waals surface area contributed by atoms with E-state index in [1.54, 1.807) is 0 Å². The molecule has 240 valence electrons. The maximum absolute atomic E-state index is 12.5. The number of rotatable bonds is 30. The predicted octanol–water partition coefficient (Wildman–Crippen LogP) is 11.8. The van der Waals surface area contributed by atoms with Crippen LogP contribution >= 0.6 is 0 Å². The molecule has 0 saturated carbocycles. The minimum atomic E-state index is -0.690. The predicted molar refractivity (Wildman–Crippen MR) is 181 cm³/mol. The maximum atomic E-state index is 12.5. The molecule has 0 amide bonds. The van der Waals surface area contributed by atoms with Crippen LogP contribution in [0.15, 0.2) is 60.8 Å². The fourth-order valence-electron chi connectivity index (χ4n) is 4.75. The van der Waals surface area contributed by atoms with Gasteiger partial charge in [-0.25, -0.2) is 0 Å². The van der Waals surface area contributed by atoms with Crippen LogP contribution in [0.1, 0.15) is 162 Å². The Morgan fingerprint density at radius 3 is 1.50 bits per heavy atom. The minimum Gasteiger partial charge on any atom is -0.481 e. The number of unbranched alkanes of at least 4 members (excludes halogenated alkanes) is 11. The van der Waals surface area contributed by atoms with Gasteiger partial charge in [-0.2, -0.15) is 0 Å². The lowest BCUT2D eigenvalue weighted by Gasteiger charge is -2.18. The number of allylic oxidation sites excluding steroid dienone is 10. The average molecular weight is 585 g/mol. The number of carboxylic acid groups (broad SMARTS) is 1. The summed E-state index contributed by atoms with van der Waals surface area (Å²) < 4.78 is 5.92. The number of ether oxygens (including phenoxy) is 1. The van der Waals surface area contributed by atoms with Gasteiger partial charge in [0, 0.05) is 12.8 Å². The smallest absolute Gasteiger partial charge is 0.306 e. The summed E-state index contributed by atoms with van der Waals surface area (Å²) in [7, 11) is 0. The molecule has 0 saturated heterocycles. The molecular formula is C38H64O4. The van der Waals surface area contributed by atoms with Crippen LogP contribution in [-0.2, 0) is 14.3 Å². The van der Waals surface area contributed by atoms with Gasteiger partial charge in [0.25, 0.3) is 0 Å². The number of carboxylic acids is 1. The van der Waals surface area contributed by atoms with Crippen molar-refractivity contribution in [1.82, 2.24) is 0 Å². The van der Waals surface area contributed by atoms with Gasteiger partial charge in [-0.15, -0.1) is 0 Å². The Bertz CT molecular complexity index is 759. The number of aliphatic carboxylic acids is 1. The average Bonchev–Trinajstić information content (AvgIpc) is 2.97. The number of carbonyl (C=O) groups is 2. The zero-order valence-corrected chi connectivity index (χ0v) is 27.3. The van der Waals surface area contributed by atoms with Crippen molar-refractivity contribution >= 4 is 11.9 Å². The molecule has 0 aliphatic carbocycles. The highest BCUT2D eigenvalue weighted by Gasteiger charge is 2.14. The molecule has 0 fully saturated rings. The molecule has 42 heavy (non-hydrogen) atoms. The lowest BCUT2D eigenvalue weighted by molar-refractivity contribution is -0.150. The third kappa shape index (κ3) is 32.2. The monoisotopic (exact) mass is 584 g/mol. The van der Waals surface area contributed by atoms with Crippen molar-refractivity contribution < 1.29 is 19.4 Å². The standard InChI is InChI=1S/C38H64O4/c1-3-5-7-9-10-11-12-13-14-15-16-17-18-19-24-27-31-35-38(41)42-36(32-28-8-6-4-2)33-29-25-22-20-21-23-26-30-34-37(39)40/h5,7,10-11,13-14,16-17,19,24,36H,3-4,6,8-9,12,15,18,20-23,25-35H2,1-2H3,(H,39,40)/b7-5-,11-10-,14-13-,17-16-,24-19-. The number of carbonyl (C=O) groups excluding carboxylic acids is 1. The van der Waals surface area contributed by atoms with E-state index in [2.05, 4.69) is 74.6 Å². The number of hydrogen-bond donors (Lipinski definition) is 1. The van der Waals surface area contributed by atoms with E-state index < -0.39 is 5.97 Å². The van der Waals surface area contributed by atoms with Gasteiger partial charge < -0.3 is 9.84 Å².